The standard InChI is InChI=1S/C20H14N4O2S2/c25-18(24-20-23-16(12-28-20)15-4-1-2-10-21-15)13-6-8-14(9-7-13)22-19(26)17-5-3-11-27-17/h1-12H,(H,22,26)(H,23,24,25). The maximum Gasteiger partial charge on any atom is 0.265 e. The smallest absolute Gasteiger partial charge is 0.265 e. The van der Waals surface area contributed by atoms with Gasteiger partial charge in [0.15, 0.2) is 5.13 Å². The van der Waals surface area contributed by atoms with E-state index in [0.29, 0.717) is 27.0 Å². The third kappa shape index (κ3) is 4.13. The van der Waals surface area contributed by atoms with Crippen LogP contribution in [-0.4, -0.2) is 21.8 Å². The van der Waals surface area contributed by atoms with Crippen LogP contribution < -0.4 is 10.6 Å². The lowest BCUT2D eigenvalue weighted by molar-refractivity contribution is 0.102. The Balaban J connectivity index is 1.40. The van der Waals surface area contributed by atoms with E-state index in [4.69, 9.17) is 0 Å². The molecule has 4 rings (SSSR count). The number of rotatable bonds is 5. The van der Waals surface area contributed by atoms with Crippen LogP contribution in [-0.2, 0) is 0 Å². The first-order chi connectivity index (χ1) is 13.7. The van der Waals surface area contributed by atoms with Crippen LogP contribution in [0.2, 0.25) is 0 Å². The summed E-state index contributed by atoms with van der Waals surface area (Å²) in [6.45, 7) is 0. The van der Waals surface area contributed by atoms with Crippen LogP contribution in [0.3, 0.4) is 0 Å². The average molecular weight is 406 g/mol. The van der Waals surface area contributed by atoms with Gasteiger partial charge in [0, 0.05) is 22.8 Å². The van der Waals surface area contributed by atoms with Gasteiger partial charge in [0.05, 0.1) is 10.6 Å². The minimum atomic E-state index is -0.266. The summed E-state index contributed by atoms with van der Waals surface area (Å²) >= 11 is 2.71. The molecular weight excluding hydrogens is 392 g/mol. The van der Waals surface area contributed by atoms with Crippen molar-refractivity contribution in [1.29, 1.82) is 0 Å². The number of thiazole rings is 1. The van der Waals surface area contributed by atoms with E-state index in [1.54, 1.807) is 36.5 Å². The van der Waals surface area contributed by atoms with Crippen molar-refractivity contribution in [3.05, 3.63) is 82.0 Å². The number of carbonyl (C=O) groups is 2. The second-order valence-electron chi connectivity index (χ2n) is 5.72. The number of nitrogens with zero attached hydrogens (tertiary/aromatic N) is 2. The minimum Gasteiger partial charge on any atom is -0.321 e. The SMILES string of the molecule is O=C(Nc1nc(-c2ccccn2)cs1)c1ccc(NC(=O)c2cccs2)cc1. The fourth-order valence-electron chi connectivity index (χ4n) is 2.44. The first-order valence-electron chi connectivity index (χ1n) is 8.32. The molecule has 0 unspecified atom stereocenters. The molecule has 4 aromatic rings. The summed E-state index contributed by atoms with van der Waals surface area (Å²) in [6, 6.07) is 15.9. The van der Waals surface area contributed by atoms with E-state index in [9.17, 15) is 9.59 Å². The van der Waals surface area contributed by atoms with Crippen LogP contribution in [0.25, 0.3) is 11.4 Å². The molecule has 138 valence electrons. The highest BCUT2D eigenvalue weighted by Gasteiger charge is 2.11. The number of aromatic nitrogens is 2. The number of nitrogens with one attached hydrogen (secondary N) is 2. The molecule has 0 aliphatic heterocycles. The maximum atomic E-state index is 12.4. The molecule has 2 N–H and O–H groups in total. The Morgan fingerprint density at radius 1 is 0.821 bits per heavy atom. The number of anilines is 2. The van der Waals surface area contributed by atoms with Gasteiger partial charge in [-0.25, -0.2) is 4.98 Å². The summed E-state index contributed by atoms with van der Waals surface area (Å²) in [7, 11) is 0. The van der Waals surface area contributed by atoms with E-state index >= 15 is 0 Å². The van der Waals surface area contributed by atoms with Gasteiger partial charge in [0.1, 0.15) is 5.69 Å². The fraction of sp³-hybridized carbons (Fsp3) is 0. The number of carbonyl (C=O) groups excluding carboxylic acids is 2. The van der Waals surface area contributed by atoms with Crippen molar-refractivity contribution >= 4 is 45.3 Å². The van der Waals surface area contributed by atoms with Crippen molar-refractivity contribution < 1.29 is 9.59 Å². The molecule has 0 spiro atoms. The van der Waals surface area contributed by atoms with E-state index in [2.05, 4.69) is 20.6 Å². The molecule has 0 fully saturated rings. The maximum absolute atomic E-state index is 12.4. The molecule has 0 saturated heterocycles. The first-order valence-corrected chi connectivity index (χ1v) is 10.1. The zero-order chi connectivity index (χ0) is 19.3. The van der Waals surface area contributed by atoms with Crippen LogP contribution in [0.5, 0.6) is 0 Å². The van der Waals surface area contributed by atoms with E-state index < -0.39 is 0 Å². The summed E-state index contributed by atoms with van der Waals surface area (Å²) in [5, 5.41) is 9.79. The predicted octanol–water partition coefficient (Wildman–Crippen LogP) is 4.77. The average Bonchev–Trinajstić information content (AvgIpc) is 3.41. The summed E-state index contributed by atoms with van der Waals surface area (Å²) < 4.78 is 0. The molecule has 6 nitrogen and oxygen atoms in total. The summed E-state index contributed by atoms with van der Waals surface area (Å²) in [5.74, 6) is -0.435. The van der Waals surface area contributed by atoms with E-state index in [0.717, 1.165) is 5.69 Å². The molecule has 0 radical (unpaired) electrons. The highest BCUT2D eigenvalue weighted by molar-refractivity contribution is 7.14. The largest absolute Gasteiger partial charge is 0.321 e. The second kappa shape index (κ2) is 8.12. The lowest BCUT2D eigenvalue weighted by atomic mass is 10.2. The van der Waals surface area contributed by atoms with Gasteiger partial charge in [-0.05, 0) is 47.8 Å². The van der Waals surface area contributed by atoms with Gasteiger partial charge in [-0.15, -0.1) is 22.7 Å². The normalized spacial score (nSPS) is 10.4. The second-order valence-corrected chi connectivity index (χ2v) is 7.52. The van der Waals surface area contributed by atoms with Crippen molar-refractivity contribution in [2.24, 2.45) is 0 Å². The number of pyridine rings is 1. The molecule has 3 aromatic heterocycles. The third-order valence-electron chi connectivity index (χ3n) is 3.80. The Morgan fingerprint density at radius 2 is 1.68 bits per heavy atom. The van der Waals surface area contributed by atoms with E-state index in [-0.39, 0.29) is 11.8 Å². The van der Waals surface area contributed by atoms with Gasteiger partial charge in [0.25, 0.3) is 11.8 Å². The highest BCUT2D eigenvalue weighted by Crippen LogP contribution is 2.23. The topological polar surface area (TPSA) is 84.0 Å². The van der Waals surface area contributed by atoms with Gasteiger partial charge in [0.2, 0.25) is 0 Å². The molecule has 0 aliphatic rings. The Bertz CT molecular complexity index is 1090. The van der Waals surface area contributed by atoms with Crippen LogP contribution in [0, 0.1) is 0 Å². The van der Waals surface area contributed by atoms with Crippen LogP contribution in [0.1, 0.15) is 20.0 Å². The monoisotopic (exact) mass is 406 g/mol. The molecular formula is C20H14N4O2S2. The fourth-order valence-corrected chi connectivity index (χ4v) is 3.76. The highest BCUT2D eigenvalue weighted by atomic mass is 32.1. The zero-order valence-electron chi connectivity index (χ0n) is 14.5. The number of hydrogen-bond acceptors (Lipinski definition) is 6. The zero-order valence-corrected chi connectivity index (χ0v) is 16.1. The number of thiophene rings is 1. The molecule has 28 heavy (non-hydrogen) atoms. The van der Waals surface area contributed by atoms with Crippen LogP contribution in [0.15, 0.2) is 71.6 Å². The van der Waals surface area contributed by atoms with E-state index in [1.165, 1.54) is 22.7 Å². The third-order valence-corrected chi connectivity index (χ3v) is 5.43. The van der Waals surface area contributed by atoms with Gasteiger partial charge < -0.3 is 5.32 Å². The molecule has 2 amide bonds. The van der Waals surface area contributed by atoms with Crippen molar-refractivity contribution in [1.82, 2.24) is 9.97 Å². The van der Waals surface area contributed by atoms with Gasteiger partial charge in [-0.1, -0.05) is 12.1 Å². The molecule has 0 atom stereocenters. The molecule has 1 aromatic carbocycles. The van der Waals surface area contributed by atoms with E-state index in [1.807, 2.05) is 35.0 Å². The molecule has 8 heteroatoms. The molecule has 0 saturated carbocycles. The lowest BCUT2D eigenvalue weighted by Gasteiger charge is -2.05. The summed E-state index contributed by atoms with van der Waals surface area (Å²) in [4.78, 5) is 33.8. The van der Waals surface area contributed by atoms with Gasteiger partial charge in [-0.2, -0.15) is 0 Å². The van der Waals surface area contributed by atoms with Crippen LogP contribution in [0.4, 0.5) is 10.8 Å². The van der Waals surface area contributed by atoms with Gasteiger partial charge in [-0.3, -0.25) is 19.9 Å². The molecule has 0 aliphatic carbocycles. The summed E-state index contributed by atoms with van der Waals surface area (Å²) in [5.41, 5.74) is 2.57. The lowest BCUT2D eigenvalue weighted by Crippen LogP contribution is -2.13. The predicted molar refractivity (Wildman–Crippen MR) is 112 cm³/mol. The first kappa shape index (κ1) is 18.0. The van der Waals surface area contributed by atoms with Crippen molar-refractivity contribution in [3.63, 3.8) is 0 Å². The minimum absolute atomic E-state index is 0.169. The van der Waals surface area contributed by atoms with Gasteiger partial charge >= 0.3 is 0 Å². The molecule has 0 bridgehead atoms. The Labute approximate surface area is 168 Å². The van der Waals surface area contributed by atoms with Crippen molar-refractivity contribution in [3.8, 4) is 11.4 Å². The Kier molecular flexibility index (Phi) is 5.22. The Hall–Kier alpha value is -3.36. The van der Waals surface area contributed by atoms with Crippen LogP contribution >= 0.6 is 22.7 Å². The van der Waals surface area contributed by atoms with Crippen molar-refractivity contribution in [2.45, 2.75) is 0 Å². The Morgan fingerprint density at radius 3 is 2.39 bits per heavy atom. The number of hydrogen-bond donors (Lipinski definition) is 2. The number of amides is 2. The number of benzene rings is 1. The summed E-state index contributed by atoms with van der Waals surface area (Å²) in [6.07, 6.45) is 1.70. The van der Waals surface area contributed by atoms with Crippen molar-refractivity contribution in [2.75, 3.05) is 10.6 Å². The molecule has 3 heterocycles. The quantitative estimate of drug-likeness (QED) is 0.500.